The Morgan fingerprint density at radius 2 is 1.59 bits per heavy atom. The summed E-state index contributed by atoms with van der Waals surface area (Å²) in [6, 6.07) is 13.9. The Balaban J connectivity index is 1.48. The van der Waals surface area contributed by atoms with Crippen LogP contribution in [0.4, 0.5) is 11.4 Å². The number of hydrogen-bond donors (Lipinski definition) is 2. The highest BCUT2D eigenvalue weighted by molar-refractivity contribution is 6.33. The van der Waals surface area contributed by atoms with Crippen LogP contribution in [-0.2, 0) is 9.59 Å². The first kappa shape index (κ1) is 20.8. The smallest absolute Gasteiger partial charge is 0.253 e. The molecule has 152 valence electrons. The fourth-order valence-electron chi connectivity index (χ4n) is 3.15. The van der Waals surface area contributed by atoms with Crippen LogP contribution in [0.1, 0.15) is 17.3 Å². The second-order valence-corrected chi connectivity index (χ2v) is 7.26. The van der Waals surface area contributed by atoms with Crippen molar-refractivity contribution in [3.8, 4) is 0 Å². The molecule has 1 saturated heterocycles. The molecule has 1 aliphatic rings. The molecule has 0 radical (unpaired) electrons. The lowest BCUT2D eigenvalue weighted by Crippen LogP contribution is -2.50. The minimum absolute atomic E-state index is 0.0560. The fourth-order valence-corrected chi connectivity index (χ4v) is 3.33. The maximum Gasteiger partial charge on any atom is 0.253 e. The van der Waals surface area contributed by atoms with Crippen molar-refractivity contribution in [2.24, 2.45) is 0 Å². The molecule has 2 aromatic carbocycles. The van der Waals surface area contributed by atoms with E-state index in [1.807, 2.05) is 17.0 Å². The summed E-state index contributed by atoms with van der Waals surface area (Å²) < 4.78 is 0. The van der Waals surface area contributed by atoms with Gasteiger partial charge in [0, 0.05) is 44.4 Å². The lowest BCUT2D eigenvalue weighted by atomic mass is 10.1. The summed E-state index contributed by atoms with van der Waals surface area (Å²) in [4.78, 5) is 39.8. The van der Waals surface area contributed by atoms with Crippen LogP contribution in [-0.4, -0.2) is 60.2 Å². The van der Waals surface area contributed by atoms with E-state index in [1.54, 1.807) is 41.3 Å². The number of anilines is 2. The van der Waals surface area contributed by atoms with Gasteiger partial charge in [0.1, 0.15) is 0 Å². The predicted octanol–water partition coefficient (Wildman–Crippen LogP) is 2.69. The summed E-state index contributed by atoms with van der Waals surface area (Å²) in [5.41, 5.74) is 1.82. The van der Waals surface area contributed by atoms with Crippen LogP contribution in [0.5, 0.6) is 0 Å². The number of carbonyl (C=O) groups excluding carboxylic acids is 3. The maximum absolute atomic E-state index is 12.7. The molecule has 1 fully saturated rings. The van der Waals surface area contributed by atoms with Crippen LogP contribution >= 0.6 is 11.6 Å². The number of carbonyl (C=O) groups is 3. The normalized spacial score (nSPS) is 14.3. The van der Waals surface area contributed by atoms with Crippen molar-refractivity contribution < 1.29 is 14.4 Å². The number of amides is 3. The summed E-state index contributed by atoms with van der Waals surface area (Å²) >= 11 is 6.06. The van der Waals surface area contributed by atoms with E-state index in [0.717, 1.165) is 0 Å². The summed E-state index contributed by atoms with van der Waals surface area (Å²) in [5.74, 6) is -0.343. The van der Waals surface area contributed by atoms with E-state index in [9.17, 15) is 14.4 Å². The van der Waals surface area contributed by atoms with Crippen molar-refractivity contribution in [1.82, 2.24) is 9.80 Å². The van der Waals surface area contributed by atoms with E-state index in [-0.39, 0.29) is 24.3 Å². The Hall–Kier alpha value is -2.90. The molecule has 0 saturated carbocycles. The number of benzene rings is 2. The Morgan fingerprint density at radius 3 is 2.21 bits per heavy atom. The van der Waals surface area contributed by atoms with Crippen LogP contribution < -0.4 is 10.6 Å². The SMILES string of the molecule is CC(=O)Nc1ccc(C(=O)N2CCN(CC(=O)Nc3ccccc3Cl)CC2)cc1. The molecular formula is C21H23ClN4O3. The molecule has 3 amide bonds. The molecule has 0 aliphatic carbocycles. The Bertz CT molecular complexity index is 893. The maximum atomic E-state index is 12.7. The van der Waals surface area contributed by atoms with Gasteiger partial charge in [0.05, 0.1) is 17.3 Å². The molecule has 1 heterocycles. The zero-order chi connectivity index (χ0) is 20.8. The number of piperazine rings is 1. The van der Waals surface area contributed by atoms with Gasteiger partial charge >= 0.3 is 0 Å². The first-order valence-electron chi connectivity index (χ1n) is 9.36. The summed E-state index contributed by atoms with van der Waals surface area (Å²) in [5, 5.41) is 5.99. The van der Waals surface area contributed by atoms with Gasteiger partial charge in [0.2, 0.25) is 11.8 Å². The molecule has 0 spiro atoms. The van der Waals surface area contributed by atoms with Gasteiger partial charge in [0.25, 0.3) is 5.91 Å². The van der Waals surface area contributed by atoms with E-state index in [0.29, 0.717) is 48.1 Å². The molecule has 3 rings (SSSR count). The van der Waals surface area contributed by atoms with Gasteiger partial charge in [-0.2, -0.15) is 0 Å². The van der Waals surface area contributed by atoms with Crippen LogP contribution in [0, 0.1) is 0 Å². The molecule has 29 heavy (non-hydrogen) atoms. The van der Waals surface area contributed by atoms with Gasteiger partial charge in [-0.3, -0.25) is 19.3 Å². The van der Waals surface area contributed by atoms with Crippen molar-refractivity contribution in [2.45, 2.75) is 6.92 Å². The molecule has 0 bridgehead atoms. The van der Waals surface area contributed by atoms with Crippen molar-refractivity contribution in [3.63, 3.8) is 0 Å². The van der Waals surface area contributed by atoms with E-state index in [4.69, 9.17) is 11.6 Å². The van der Waals surface area contributed by atoms with E-state index in [2.05, 4.69) is 10.6 Å². The summed E-state index contributed by atoms with van der Waals surface area (Å²) in [6.07, 6.45) is 0. The highest BCUT2D eigenvalue weighted by Gasteiger charge is 2.23. The number of nitrogens with one attached hydrogen (secondary N) is 2. The minimum Gasteiger partial charge on any atom is -0.336 e. The van der Waals surface area contributed by atoms with Crippen molar-refractivity contribution >= 4 is 40.7 Å². The number of nitrogens with zero attached hydrogens (tertiary/aromatic N) is 2. The third kappa shape index (κ3) is 5.79. The number of rotatable bonds is 5. The van der Waals surface area contributed by atoms with Crippen LogP contribution in [0.15, 0.2) is 48.5 Å². The molecule has 8 heteroatoms. The summed E-state index contributed by atoms with van der Waals surface area (Å²) in [7, 11) is 0. The zero-order valence-electron chi connectivity index (χ0n) is 16.2. The fraction of sp³-hybridized carbons (Fsp3) is 0.286. The minimum atomic E-state index is -0.154. The molecule has 1 aliphatic heterocycles. The molecule has 2 N–H and O–H groups in total. The summed E-state index contributed by atoms with van der Waals surface area (Å²) in [6.45, 7) is 4.01. The molecule has 2 aromatic rings. The third-order valence-corrected chi connectivity index (χ3v) is 4.96. The van der Waals surface area contributed by atoms with Gasteiger partial charge in [-0.1, -0.05) is 23.7 Å². The highest BCUT2D eigenvalue weighted by Crippen LogP contribution is 2.20. The van der Waals surface area contributed by atoms with Gasteiger partial charge < -0.3 is 15.5 Å². The van der Waals surface area contributed by atoms with E-state index < -0.39 is 0 Å². The quantitative estimate of drug-likeness (QED) is 0.788. The average Bonchev–Trinajstić information content (AvgIpc) is 2.70. The van der Waals surface area contributed by atoms with Crippen molar-refractivity contribution in [3.05, 3.63) is 59.1 Å². The van der Waals surface area contributed by atoms with Gasteiger partial charge in [0.15, 0.2) is 0 Å². The number of para-hydroxylation sites is 1. The van der Waals surface area contributed by atoms with Crippen LogP contribution in [0.25, 0.3) is 0 Å². The largest absolute Gasteiger partial charge is 0.336 e. The molecular weight excluding hydrogens is 392 g/mol. The molecule has 0 unspecified atom stereocenters. The first-order valence-corrected chi connectivity index (χ1v) is 9.74. The molecule has 7 nitrogen and oxygen atoms in total. The average molecular weight is 415 g/mol. The number of hydrogen-bond acceptors (Lipinski definition) is 4. The first-order chi connectivity index (χ1) is 13.9. The van der Waals surface area contributed by atoms with E-state index in [1.165, 1.54) is 6.92 Å². The van der Waals surface area contributed by atoms with Gasteiger partial charge in [-0.25, -0.2) is 0 Å². The zero-order valence-corrected chi connectivity index (χ0v) is 16.9. The van der Waals surface area contributed by atoms with Crippen LogP contribution in [0.3, 0.4) is 0 Å². The third-order valence-electron chi connectivity index (χ3n) is 4.63. The predicted molar refractivity (Wildman–Crippen MR) is 113 cm³/mol. The second-order valence-electron chi connectivity index (χ2n) is 6.85. The van der Waals surface area contributed by atoms with Crippen LogP contribution in [0.2, 0.25) is 5.02 Å². The van der Waals surface area contributed by atoms with Crippen molar-refractivity contribution in [2.75, 3.05) is 43.4 Å². The second kappa shape index (κ2) is 9.54. The lowest BCUT2D eigenvalue weighted by molar-refractivity contribution is -0.117. The topological polar surface area (TPSA) is 81.8 Å². The number of halogens is 1. The Kier molecular flexibility index (Phi) is 6.85. The van der Waals surface area contributed by atoms with E-state index >= 15 is 0 Å². The van der Waals surface area contributed by atoms with Gasteiger partial charge in [-0.15, -0.1) is 0 Å². The Morgan fingerprint density at radius 1 is 0.931 bits per heavy atom. The molecule has 0 atom stereocenters. The highest BCUT2D eigenvalue weighted by atomic mass is 35.5. The van der Waals surface area contributed by atoms with Crippen molar-refractivity contribution in [1.29, 1.82) is 0 Å². The lowest BCUT2D eigenvalue weighted by Gasteiger charge is -2.34. The monoisotopic (exact) mass is 414 g/mol. The standard InChI is InChI=1S/C21H23ClN4O3/c1-15(27)23-17-8-6-16(7-9-17)21(29)26-12-10-25(11-13-26)14-20(28)24-19-5-3-2-4-18(19)22/h2-9H,10-14H2,1H3,(H,23,27)(H,24,28). The Labute approximate surface area is 174 Å². The van der Waals surface area contributed by atoms with Gasteiger partial charge in [-0.05, 0) is 36.4 Å². The molecule has 0 aromatic heterocycles.